The molecule has 162 valence electrons. The molecular formula is C20H21F3N2O4S. The largest absolute Gasteiger partial charge is 0.495 e. The van der Waals surface area contributed by atoms with Crippen LogP contribution in [0.15, 0.2) is 53.4 Å². The summed E-state index contributed by atoms with van der Waals surface area (Å²) in [4.78, 5) is 13.4. The molecule has 30 heavy (non-hydrogen) atoms. The minimum atomic E-state index is -4.52. The number of halogens is 3. The molecule has 0 saturated carbocycles. The number of nitrogens with zero attached hydrogens (tertiary/aromatic N) is 1. The number of sulfonamides is 1. The van der Waals surface area contributed by atoms with Crippen molar-refractivity contribution in [2.75, 3.05) is 21.2 Å². The van der Waals surface area contributed by atoms with Crippen LogP contribution in [0.5, 0.6) is 5.75 Å². The van der Waals surface area contributed by atoms with Gasteiger partial charge < -0.3 is 9.64 Å². The Morgan fingerprint density at radius 3 is 2.47 bits per heavy atom. The smallest absolute Gasteiger partial charge is 0.416 e. The van der Waals surface area contributed by atoms with Gasteiger partial charge in [-0.05, 0) is 42.4 Å². The molecule has 0 fully saturated rings. The minimum absolute atomic E-state index is 0.0268. The minimum Gasteiger partial charge on any atom is -0.495 e. The van der Waals surface area contributed by atoms with Crippen LogP contribution < -0.4 is 9.46 Å². The molecule has 1 amide bonds. The molecule has 0 heterocycles. The SMILES string of the molecule is CNS(=O)(=O)c1cc(/C=C/C(=O)N(C)Cc2ccccc2C(F)(F)F)ccc1OC. The van der Waals surface area contributed by atoms with Gasteiger partial charge in [-0.1, -0.05) is 24.3 Å². The Morgan fingerprint density at radius 1 is 1.20 bits per heavy atom. The Morgan fingerprint density at radius 2 is 1.87 bits per heavy atom. The van der Waals surface area contributed by atoms with Crippen LogP contribution in [0.2, 0.25) is 0 Å². The summed E-state index contributed by atoms with van der Waals surface area (Å²) in [5, 5.41) is 0. The quantitative estimate of drug-likeness (QED) is 0.668. The van der Waals surface area contributed by atoms with E-state index in [1.54, 1.807) is 6.07 Å². The first-order chi connectivity index (χ1) is 14.0. The molecule has 1 N–H and O–H groups in total. The van der Waals surface area contributed by atoms with Crippen molar-refractivity contribution in [3.8, 4) is 5.75 Å². The third kappa shape index (κ3) is 5.61. The van der Waals surface area contributed by atoms with E-state index in [0.29, 0.717) is 5.56 Å². The summed E-state index contributed by atoms with van der Waals surface area (Å²) in [5.74, 6) is -0.408. The Bertz CT molecular complexity index is 1050. The number of benzene rings is 2. The monoisotopic (exact) mass is 442 g/mol. The van der Waals surface area contributed by atoms with Gasteiger partial charge in [0.2, 0.25) is 15.9 Å². The van der Waals surface area contributed by atoms with Gasteiger partial charge in [0.15, 0.2) is 0 Å². The van der Waals surface area contributed by atoms with Crippen LogP contribution in [0.25, 0.3) is 6.08 Å². The molecule has 0 aromatic heterocycles. The molecule has 2 rings (SSSR count). The second-order valence-electron chi connectivity index (χ2n) is 6.30. The van der Waals surface area contributed by atoms with Crippen molar-refractivity contribution in [1.82, 2.24) is 9.62 Å². The van der Waals surface area contributed by atoms with E-state index in [1.807, 2.05) is 0 Å². The maximum atomic E-state index is 13.1. The summed E-state index contributed by atoms with van der Waals surface area (Å²) in [6, 6.07) is 9.36. The van der Waals surface area contributed by atoms with Crippen LogP contribution in [-0.4, -0.2) is 40.4 Å². The van der Waals surface area contributed by atoms with Crippen molar-refractivity contribution in [1.29, 1.82) is 0 Å². The lowest BCUT2D eigenvalue weighted by molar-refractivity contribution is -0.139. The number of hydrogen-bond acceptors (Lipinski definition) is 4. The number of carbonyl (C=O) groups excluding carboxylic acids is 1. The highest BCUT2D eigenvalue weighted by atomic mass is 32.2. The Balaban J connectivity index is 2.22. The first-order valence-electron chi connectivity index (χ1n) is 8.69. The normalized spacial score (nSPS) is 12.2. The summed E-state index contributed by atoms with van der Waals surface area (Å²) in [7, 11) is 0.180. The van der Waals surface area contributed by atoms with Gasteiger partial charge in [-0.2, -0.15) is 13.2 Å². The van der Waals surface area contributed by atoms with E-state index in [0.717, 1.165) is 17.0 Å². The summed E-state index contributed by atoms with van der Waals surface area (Å²) >= 11 is 0. The number of carbonyl (C=O) groups is 1. The zero-order valence-electron chi connectivity index (χ0n) is 16.5. The van der Waals surface area contributed by atoms with Gasteiger partial charge in [0.05, 0.1) is 12.7 Å². The van der Waals surface area contributed by atoms with Gasteiger partial charge in [0, 0.05) is 19.7 Å². The van der Waals surface area contributed by atoms with Crippen LogP contribution in [0.1, 0.15) is 16.7 Å². The van der Waals surface area contributed by atoms with E-state index in [2.05, 4.69) is 4.72 Å². The van der Waals surface area contributed by atoms with Crippen molar-refractivity contribution < 1.29 is 31.1 Å². The highest BCUT2D eigenvalue weighted by Gasteiger charge is 2.33. The van der Waals surface area contributed by atoms with Crippen molar-refractivity contribution in [3.63, 3.8) is 0 Å². The second-order valence-corrected chi connectivity index (χ2v) is 8.16. The molecule has 0 atom stereocenters. The zero-order chi connectivity index (χ0) is 22.5. The number of ether oxygens (including phenoxy) is 1. The van der Waals surface area contributed by atoms with Crippen LogP contribution in [-0.2, 0) is 27.5 Å². The fraction of sp³-hybridized carbons (Fsp3) is 0.250. The first kappa shape index (κ1) is 23.4. The third-order valence-corrected chi connectivity index (χ3v) is 5.71. The maximum absolute atomic E-state index is 13.1. The molecule has 0 saturated heterocycles. The van der Waals surface area contributed by atoms with Gasteiger partial charge >= 0.3 is 6.18 Å². The molecule has 0 bridgehead atoms. The number of nitrogens with one attached hydrogen (secondary N) is 1. The zero-order valence-corrected chi connectivity index (χ0v) is 17.3. The van der Waals surface area contributed by atoms with Gasteiger partial charge in [-0.15, -0.1) is 0 Å². The van der Waals surface area contributed by atoms with Crippen LogP contribution in [0, 0.1) is 0 Å². The maximum Gasteiger partial charge on any atom is 0.416 e. The van der Waals surface area contributed by atoms with E-state index in [9.17, 15) is 26.4 Å². The van der Waals surface area contributed by atoms with Gasteiger partial charge in [-0.3, -0.25) is 4.79 Å². The molecule has 0 radical (unpaired) electrons. The molecule has 2 aromatic rings. The first-order valence-corrected chi connectivity index (χ1v) is 10.2. The molecular weight excluding hydrogens is 421 g/mol. The Labute approximate surface area is 173 Å². The van der Waals surface area contributed by atoms with Crippen molar-refractivity contribution in [2.24, 2.45) is 0 Å². The van der Waals surface area contributed by atoms with Crippen LogP contribution in [0.4, 0.5) is 13.2 Å². The second kappa shape index (κ2) is 9.31. The standard InChI is InChI=1S/C20H21F3N2O4S/c1-24-30(27,28)18-12-14(8-10-17(18)29-3)9-11-19(26)25(2)13-15-6-4-5-7-16(15)20(21,22)23/h4-12,24H,13H2,1-3H3/b11-9+. The number of alkyl halides is 3. The fourth-order valence-corrected chi connectivity index (χ4v) is 3.61. The highest BCUT2D eigenvalue weighted by Crippen LogP contribution is 2.32. The molecule has 0 aliphatic rings. The third-order valence-electron chi connectivity index (χ3n) is 4.27. The Hall–Kier alpha value is -2.85. The molecule has 10 heteroatoms. The van der Waals surface area contributed by atoms with Crippen molar-refractivity contribution >= 4 is 22.0 Å². The molecule has 0 spiro atoms. The van der Waals surface area contributed by atoms with E-state index >= 15 is 0 Å². The predicted octanol–water partition coefficient (Wildman–Crippen LogP) is 3.29. The average Bonchev–Trinajstić information content (AvgIpc) is 2.71. The summed E-state index contributed by atoms with van der Waals surface area (Å²) < 4.78 is 70.8. The molecule has 2 aromatic carbocycles. The topological polar surface area (TPSA) is 75.7 Å². The van der Waals surface area contributed by atoms with Crippen LogP contribution in [0.3, 0.4) is 0 Å². The van der Waals surface area contributed by atoms with E-state index in [4.69, 9.17) is 4.74 Å². The van der Waals surface area contributed by atoms with Gasteiger partial charge in [0.1, 0.15) is 10.6 Å². The summed E-state index contributed by atoms with van der Waals surface area (Å²) in [5.41, 5.74) is -0.422. The summed E-state index contributed by atoms with van der Waals surface area (Å²) in [6.45, 7) is -0.235. The highest BCUT2D eigenvalue weighted by molar-refractivity contribution is 7.89. The fourth-order valence-electron chi connectivity index (χ4n) is 2.68. The number of rotatable bonds is 7. The van der Waals surface area contributed by atoms with Crippen molar-refractivity contribution in [3.05, 3.63) is 65.2 Å². The van der Waals surface area contributed by atoms with Crippen molar-refractivity contribution in [2.45, 2.75) is 17.6 Å². The molecule has 0 aliphatic carbocycles. The summed E-state index contributed by atoms with van der Waals surface area (Å²) in [6.07, 6.45) is -1.98. The lowest BCUT2D eigenvalue weighted by atomic mass is 10.1. The lowest BCUT2D eigenvalue weighted by Crippen LogP contribution is -2.25. The van der Waals surface area contributed by atoms with E-state index in [1.165, 1.54) is 57.6 Å². The molecule has 6 nitrogen and oxygen atoms in total. The van der Waals surface area contributed by atoms with E-state index in [-0.39, 0.29) is 22.8 Å². The van der Waals surface area contributed by atoms with E-state index < -0.39 is 27.7 Å². The van der Waals surface area contributed by atoms with Crippen LogP contribution >= 0.6 is 0 Å². The number of amides is 1. The average molecular weight is 442 g/mol. The van der Waals surface area contributed by atoms with Gasteiger partial charge in [0.25, 0.3) is 0 Å². The molecule has 0 aliphatic heterocycles. The lowest BCUT2D eigenvalue weighted by Gasteiger charge is -2.19. The number of methoxy groups -OCH3 is 1. The predicted molar refractivity (Wildman–Crippen MR) is 106 cm³/mol. The number of hydrogen-bond donors (Lipinski definition) is 1. The number of likely N-dealkylation sites (N-methyl/N-ethyl adjacent to an activating group) is 1. The molecule has 0 unspecified atom stereocenters. The Kier molecular flexibility index (Phi) is 7.27. The van der Waals surface area contributed by atoms with Gasteiger partial charge in [-0.25, -0.2) is 13.1 Å².